The van der Waals surface area contributed by atoms with Gasteiger partial charge in [-0.1, -0.05) is 5.16 Å². The fourth-order valence-corrected chi connectivity index (χ4v) is 5.30. The molecule has 0 saturated heterocycles. The normalized spacial score (nSPS) is 14.5. The van der Waals surface area contributed by atoms with Crippen molar-refractivity contribution in [3.8, 4) is 11.5 Å². The molecule has 13 heteroatoms. The number of hydrogen-bond donors (Lipinski definition) is 3. The maximum Gasteiger partial charge on any atom is 0.416 e. The fourth-order valence-electron chi connectivity index (χ4n) is 5.30. The number of anilines is 1. The van der Waals surface area contributed by atoms with Crippen LogP contribution in [0.3, 0.4) is 0 Å². The summed E-state index contributed by atoms with van der Waals surface area (Å²) in [7, 11) is 0. The molecule has 0 spiro atoms. The predicted octanol–water partition coefficient (Wildman–Crippen LogP) is 9.27. The van der Waals surface area contributed by atoms with Crippen molar-refractivity contribution in [3.63, 3.8) is 0 Å². The molecule has 246 valence electrons. The van der Waals surface area contributed by atoms with E-state index in [1.165, 1.54) is 37.3 Å². The second-order valence-corrected chi connectivity index (χ2v) is 12.3. The third-order valence-corrected chi connectivity index (χ3v) is 7.59. The molecule has 1 aliphatic rings. The van der Waals surface area contributed by atoms with Gasteiger partial charge in [0.15, 0.2) is 0 Å². The lowest BCUT2D eigenvalue weighted by atomic mass is 9.94. The topological polar surface area (TPSA) is 111 Å². The predicted molar refractivity (Wildman–Crippen MR) is 161 cm³/mol. The fraction of sp³-hybridized carbons (Fsp3) is 0.364. The minimum atomic E-state index is -4.78. The van der Waals surface area contributed by atoms with E-state index < -0.39 is 52.5 Å². The van der Waals surface area contributed by atoms with Crippen LogP contribution in [-0.4, -0.2) is 38.5 Å². The van der Waals surface area contributed by atoms with Crippen LogP contribution in [0.1, 0.15) is 91.5 Å². The van der Waals surface area contributed by atoms with Gasteiger partial charge in [0.2, 0.25) is 0 Å². The monoisotopic (exact) mass is 647 g/mol. The second-order valence-electron chi connectivity index (χ2n) is 12.3. The first kappa shape index (κ1) is 34.2. The van der Waals surface area contributed by atoms with Crippen LogP contribution in [0.5, 0.6) is 11.5 Å². The molecule has 0 aliphatic heterocycles. The van der Waals surface area contributed by atoms with E-state index in [1.54, 1.807) is 27.7 Å². The number of nitrogens with one attached hydrogen (secondary N) is 1. The van der Waals surface area contributed by atoms with Gasteiger partial charge in [-0.2, -0.15) is 13.2 Å². The minimum Gasteiger partial charge on any atom is -0.465 e. The summed E-state index contributed by atoms with van der Waals surface area (Å²) in [5.41, 5.74) is -2.32. The Morgan fingerprint density at radius 1 is 1.04 bits per heavy atom. The number of carboxylic acid groups (broad SMARTS) is 1. The Kier molecular flexibility index (Phi) is 9.64. The van der Waals surface area contributed by atoms with E-state index in [1.807, 2.05) is 0 Å². The molecule has 4 rings (SSSR count). The summed E-state index contributed by atoms with van der Waals surface area (Å²) in [6, 6.07) is 7.61. The lowest BCUT2D eigenvalue weighted by Crippen LogP contribution is -2.47. The van der Waals surface area contributed by atoms with Crippen molar-refractivity contribution in [1.82, 2.24) is 4.90 Å². The van der Waals surface area contributed by atoms with Crippen LogP contribution in [0, 0.1) is 18.6 Å². The van der Waals surface area contributed by atoms with Gasteiger partial charge in [0.25, 0.3) is 5.91 Å². The maximum absolute atomic E-state index is 15.3. The summed E-state index contributed by atoms with van der Waals surface area (Å²) >= 11 is 0. The molecule has 3 aromatic rings. The van der Waals surface area contributed by atoms with E-state index >= 15 is 4.39 Å². The van der Waals surface area contributed by atoms with Crippen LogP contribution in [0.2, 0.25) is 0 Å². The van der Waals surface area contributed by atoms with E-state index in [0.717, 1.165) is 17.0 Å². The second kappa shape index (κ2) is 13.0. The Morgan fingerprint density at radius 3 is 2.26 bits per heavy atom. The van der Waals surface area contributed by atoms with Crippen LogP contribution in [0.25, 0.3) is 0 Å². The first-order chi connectivity index (χ1) is 21.4. The molecule has 0 radical (unpaired) electrons. The number of alkyl halides is 3. The highest BCUT2D eigenvalue weighted by Gasteiger charge is 2.40. The zero-order valence-corrected chi connectivity index (χ0v) is 25.8. The SMILES string of the molecule is CC(CC(c1cc(NC(=O)c2cc(C(F)(F)F)c(C3CC3)cc2Oc2ccc(F)cc2C)ccc1F)N(C(=O)O)C(C)(C)C)=NO. The van der Waals surface area contributed by atoms with Gasteiger partial charge < -0.3 is 20.4 Å². The average Bonchev–Trinajstić information content (AvgIpc) is 3.79. The Bertz CT molecular complexity index is 1680. The molecular weight excluding hydrogens is 613 g/mol. The highest BCUT2D eigenvalue weighted by Crippen LogP contribution is 2.48. The smallest absolute Gasteiger partial charge is 0.416 e. The van der Waals surface area contributed by atoms with Crippen LogP contribution in [0.15, 0.2) is 53.7 Å². The van der Waals surface area contributed by atoms with Crippen molar-refractivity contribution in [2.75, 3.05) is 5.32 Å². The van der Waals surface area contributed by atoms with E-state index in [2.05, 4.69) is 10.5 Å². The Labute approximate surface area is 262 Å². The molecule has 1 atom stereocenters. The van der Waals surface area contributed by atoms with Crippen LogP contribution in [0.4, 0.5) is 32.4 Å². The number of hydrogen-bond acceptors (Lipinski definition) is 5. The van der Waals surface area contributed by atoms with Crippen molar-refractivity contribution in [2.24, 2.45) is 5.16 Å². The minimum absolute atomic E-state index is 0.0254. The molecule has 0 heterocycles. The molecule has 1 fully saturated rings. The summed E-state index contributed by atoms with van der Waals surface area (Å²) in [6.45, 7) is 7.75. The molecule has 1 aliphatic carbocycles. The molecule has 8 nitrogen and oxygen atoms in total. The first-order valence-corrected chi connectivity index (χ1v) is 14.4. The number of ether oxygens (including phenoxy) is 1. The number of benzene rings is 3. The number of aryl methyl sites for hydroxylation is 1. The Balaban J connectivity index is 1.80. The molecule has 0 bridgehead atoms. The summed E-state index contributed by atoms with van der Waals surface area (Å²) in [6.07, 6.45) is -5.31. The van der Waals surface area contributed by atoms with Gasteiger partial charge in [0.05, 0.1) is 22.9 Å². The van der Waals surface area contributed by atoms with Crippen LogP contribution >= 0.6 is 0 Å². The maximum atomic E-state index is 15.3. The largest absolute Gasteiger partial charge is 0.465 e. The lowest BCUT2D eigenvalue weighted by molar-refractivity contribution is -0.138. The molecule has 1 unspecified atom stereocenters. The average molecular weight is 648 g/mol. The van der Waals surface area contributed by atoms with Gasteiger partial charge in [-0.25, -0.2) is 13.6 Å². The zero-order valence-electron chi connectivity index (χ0n) is 25.8. The number of halogens is 5. The highest BCUT2D eigenvalue weighted by molar-refractivity contribution is 6.06. The lowest BCUT2D eigenvalue weighted by Gasteiger charge is -2.40. The third-order valence-electron chi connectivity index (χ3n) is 7.59. The molecule has 2 amide bonds. The number of nitrogens with zero attached hydrogens (tertiary/aromatic N) is 2. The zero-order chi connectivity index (χ0) is 34.1. The molecule has 0 aromatic heterocycles. The van der Waals surface area contributed by atoms with Crippen molar-refractivity contribution >= 4 is 23.4 Å². The standard InChI is InChI=1S/C33H34F5N3O5/c1-17-12-20(34)8-11-28(17)46-29-16-22(19-6-7-19)25(33(36,37)38)15-24(29)30(42)39-21-9-10-26(35)23(14-21)27(13-18(2)40-45)41(31(43)44)32(3,4)5/h8-12,14-16,19,27,45H,6-7,13H2,1-5H3,(H,39,42)(H,43,44). The van der Waals surface area contributed by atoms with Crippen LogP contribution in [-0.2, 0) is 6.18 Å². The number of rotatable bonds is 9. The Morgan fingerprint density at radius 2 is 1.72 bits per heavy atom. The van der Waals surface area contributed by atoms with E-state index in [9.17, 15) is 37.5 Å². The molecule has 46 heavy (non-hydrogen) atoms. The van der Waals surface area contributed by atoms with Gasteiger partial charge in [0.1, 0.15) is 23.1 Å². The van der Waals surface area contributed by atoms with Gasteiger partial charge in [-0.15, -0.1) is 0 Å². The highest BCUT2D eigenvalue weighted by atomic mass is 19.4. The number of carbonyl (C=O) groups excluding carboxylic acids is 1. The van der Waals surface area contributed by atoms with Crippen molar-refractivity contribution in [1.29, 1.82) is 0 Å². The van der Waals surface area contributed by atoms with Crippen molar-refractivity contribution in [3.05, 3.63) is 88.0 Å². The quantitative estimate of drug-likeness (QED) is 0.0928. The van der Waals surface area contributed by atoms with Gasteiger partial charge in [-0.05, 0) is 113 Å². The van der Waals surface area contributed by atoms with E-state index in [4.69, 9.17) is 4.74 Å². The summed E-state index contributed by atoms with van der Waals surface area (Å²) in [4.78, 5) is 27.0. The first-order valence-electron chi connectivity index (χ1n) is 14.4. The molecule has 3 N–H and O–H groups in total. The number of carbonyl (C=O) groups is 2. The van der Waals surface area contributed by atoms with E-state index in [-0.39, 0.29) is 46.4 Å². The number of oxime groups is 1. The van der Waals surface area contributed by atoms with Gasteiger partial charge in [0, 0.05) is 23.2 Å². The Hall–Kier alpha value is -4.68. The van der Waals surface area contributed by atoms with E-state index in [0.29, 0.717) is 24.5 Å². The third kappa shape index (κ3) is 7.75. The van der Waals surface area contributed by atoms with Crippen molar-refractivity contribution < 1.29 is 46.6 Å². The van der Waals surface area contributed by atoms with Gasteiger partial charge in [-0.3, -0.25) is 9.69 Å². The van der Waals surface area contributed by atoms with Gasteiger partial charge >= 0.3 is 12.3 Å². The van der Waals surface area contributed by atoms with Crippen LogP contribution < -0.4 is 10.1 Å². The molecular formula is C33H34F5N3O5. The molecule has 3 aromatic carbocycles. The number of amides is 2. The molecule has 1 saturated carbocycles. The summed E-state index contributed by atoms with van der Waals surface area (Å²) < 4.78 is 77.6. The van der Waals surface area contributed by atoms with Crippen molar-refractivity contribution in [2.45, 2.75) is 77.6 Å². The summed E-state index contributed by atoms with van der Waals surface area (Å²) in [5, 5.41) is 24.9. The summed E-state index contributed by atoms with van der Waals surface area (Å²) in [5.74, 6) is -2.83.